The fourth-order valence-corrected chi connectivity index (χ4v) is 3.43. The summed E-state index contributed by atoms with van der Waals surface area (Å²) in [5.41, 5.74) is 2.39. The van der Waals surface area contributed by atoms with E-state index in [4.69, 9.17) is 0 Å². The number of rotatable bonds is 3. The molecule has 1 heterocycles. The lowest BCUT2D eigenvalue weighted by Gasteiger charge is -2.28. The molecule has 1 atom stereocenters. The van der Waals surface area contributed by atoms with Crippen LogP contribution in [0.1, 0.15) is 42.9 Å². The Morgan fingerprint density at radius 2 is 2.00 bits per heavy atom. The normalized spacial score (nSPS) is 28.7. The summed E-state index contributed by atoms with van der Waals surface area (Å²) in [6.07, 6.45) is 4.60. The molecule has 3 N–H and O–H groups in total. The van der Waals surface area contributed by atoms with Crippen molar-refractivity contribution in [2.75, 3.05) is 13.1 Å². The van der Waals surface area contributed by atoms with E-state index in [1.54, 1.807) is 0 Å². The van der Waals surface area contributed by atoms with Gasteiger partial charge in [-0.05, 0) is 49.1 Å². The van der Waals surface area contributed by atoms with Crippen LogP contribution in [0.25, 0.3) is 0 Å². The van der Waals surface area contributed by atoms with Crippen LogP contribution in [0.4, 0.5) is 0 Å². The number of nitrogens with one attached hydrogen (secondary N) is 2. The van der Waals surface area contributed by atoms with Gasteiger partial charge in [0.15, 0.2) is 0 Å². The van der Waals surface area contributed by atoms with E-state index in [1.165, 1.54) is 5.56 Å². The first-order chi connectivity index (χ1) is 10.2. The lowest BCUT2D eigenvalue weighted by molar-refractivity contribution is -0.123. The molecule has 114 valence electrons. The van der Waals surface area contributed by atoms with Crippen LogP contribution >= 0.6 is 0 Å². The molecule has 21 heavy (non-hydrogen) atoms. The smallest absolute Gasteiger partial charge is 0.241 e. The first-order valence-corrected chi connectivity index (χ1v) is 8.01. The molecule has 1 aromatic carbocycles. The zero-order chi connectivity index (χ0) is 14.7. The first kappa shape index (κ1) is 14.5. The van der Waals surface area contributed by atoms with Gasteiger partial charge in [0.1, 0.15) is 6.04 Å². The van der Waals surface area contributed by atoms with Gasteiger partial charge >= 0.3 is 0 Å². The monoisotopic (exact) mass is 288 g/mol. The number of aliphatic hydroxyl groups excluding tert-OH is 1. The Kier molecular flexibility index (Phi) is 4.56. The van der Waals surface area contributed by atoms with E-state index < -0.39 is 0 Å². The van der Waals surface area contributed by atoms with E-state index in [9.17, 15) is 9.90 Å². The van der Waals surface area contributed by atoms with Gasteiger partial charge in [-0.1, -0.05) is 24.3 Å². The number of benzene rings is 1. The molecule has 0 aromatic heterocycles. The van der Waals surface area contributed by atoms with Crippen molar-refractivity contribution in [3.8, 4) is 0 Å². The fourth-order valence-electron chi connectivity index (χ4n) is 3.43. The Balaban J connectivity index is 1.57. The van der Waals surface area contributed by atoms with Crippen molar-refractivity contribution in [3.05, 3.63) is 35.4 Å². The molecule has 1 aliphatic carbocycles. The second-order valence-electron chi connectivity index (χ2n) is 6.26. The highest BCUT2D eigenvalue weighted by atomic mass is 16.3. The Hall–Kier alpha value is -1.39. The lowest BCUT2D eigenvalue weighted by Crippen LogP contribution is -2.43. The second kappa shape index (κ2) is 6.58. The molecule has 1 amide bonds. The minimum atomic E-state index is -0.218. The number of hydrogen-bond donors (Lipinski definition) is 3. The van der Waals surface area contributed by atoms with Crippen molar-refractivity contribution in [3.63, 3.8) is 0 Å². The van der Waals surface area contributed by atoms with E-state index >= 15 is 0 Å². The van der Waals surface area contributed by atoms with Crippen LogP contribution in [0.15, 0.2) is 24.3 Å². The van der Waals surface area contributed by atoms with E-state index in [0.29, 0.717) is 5.92 Å². The SMILES string of the molecule is O=C(NCC1CCC(O)CC1)C1NCCc2ccccc21. The Labute approximate surface area is 125 Å². The number of aliphatic hydroxyl groups is 1. The highest BCUT2D eigenvalue weighted by Gasteiger charge is 2.26. The molecule has 1 aromatic rings. The minimum absolute atomic E-state index is 0.0771. The van der Waals surface area contributed by atoms with Crippen molar-refractivity contribution in [1.29, 1.82) is 0 Å². The second-order valence-corrected chi connectivity index (χ2v) is 6.26. The minimum Gasteiger partial charge on any atom is -0.393 e. The summed E-state index contributed by atoms with van der Waals surface area (Å²) in [6.45, 7) is 1.58. The van der Waals surface area contributed by atoms with Gasteiger partial charge in [0.25, 0.3) is 0 Å². The fraction of sp³-hybridized carbons (Fsp3) is 0.588. The van der Waals surface area contributed by atoms with E-state index in [0.717, 1.165) is 50.8 Å². The number of hydrogen-bond acceptors (Lipinski definition) is 3. The highest BCUT2D eigenvalue weighted by molar-refractivity contribution is 5.83. The largest absolute Gasteiger partial charge is 0.393 e. The standard InChI is InChI=1S/C17H24N2O2/c20-14-7-5-12(6-8-14)11-19-17(21)16-15-4-2-1-3-13(15)9-10-18-16/h1-4,12,14,16,18,20H,5-11H2,(H,19,21). The van der Waals surface area contributed by atoms with Gasteiger partial charge in [0, 0.05) is 13.1 Å². The molecular weight excluding hydrogens is 264 g/mol. The molecule has 3 rings (SSSR count). The maximum atomic E-state index is 12.4. The topological polar surface area (TPSA) is 61.4 Å². The van der Waals surface area contributed by atoms with Gasteiger partial charge in [-0.25, -0.2) is 0 Å². The average molecular weight is 288 g/mol. The van der Waals surface area contributed by atoms with E-state index in [-0.39, 0.29) is 18.1 Å². The van der Waals surface area contributed by atoms with Crippen molar-refractivity contribution in [2.24, 2.45) is 5.92 Å². The zero-order valence-corrected chi connectivity index (χ0v) is 12.3. The third kappa shape index (κ3) is 3.44. The van der Waals surface area contributed by atoms with E-state index in [1.807, 2.05) is 18.2 Å². The molecule has 1 fully saturated rings. The van der Waals surface area contributed by atoms with Crippen LogP contribution in [0.5, 0.6) is 0 Å². The summed E-state index contributed by atoms with van der Waals surface area (Å²) >= 11 is 0. The maximum absolute atomic E-state index is 12.4. The maximum Gasteiger partial charge on any atom is 0.241 e. The Morgan fingerprint density at radius 3 is 2.81 bits per heavy atom. The van der Waals surface area contributed by atoms with Crippen molar-refractivity contribution in [2.45, 2.75) is 44.2 Å². The molecule has 0 bridgehead atoms. The predicted molar refractivity (Wildman–Crippen MR) is 81.9 cm³/mol. The molecule has 1 saturated carbocycles. The van der Waals surface area contributed by atoms with Crippen LogP contribution in [0.3, 0.4) is 0 Å². The summed E-state index contributed by atoms with van der Waals surface area (Å²) in [4.78, 5) is 12.4. The molecule has 0 spiro atoms. The number of fused-ring (bicyclic) bond motifs is 1. The molecule has 0 radical (unpaired) electrons. The summed E-state index contributed by atoms with van der Waals surface area (Å²) < 4.78 is 0. The van der Waals surface area contributed by atoms with Crippen molar-refractivity contribution >= 4 is 5.91 Å². The van der Waals surface area contributed by atoms with Crippen LogP contribution in [0, 0.1) is 5.92 Å². The summed E-state index contributed by atoms with van der Waals surface area (Å²) in [6, 6.07) is 7.96. The summed E-state index contributed by atoms with van der Waals surface area (Å²) in [5, 5.41) is 15.9. The molecule has 0 saturated heterocycles. The van der Waals surface area contributed by atoms with Crippen LogP contribution in [-0.4, -0.2) is 30.2 Å². The molecular formula is C17H24N2O2. The van der Waals surface area contributed by atoms with Gasteiger partial charge in [-0.2, -0.15) is 0 Å². The average Bonchev–Trinajstić information content (AvgIpc) is 2.53. The van der Waals surface area contributed by atoms with Gasteiger partial charge < -0.3 is 15.7 Å². The van der Waals surface area contributed by atoms with Crippen LogP contribution in [0.2, 0.25) is 0 Å². The predicted octanol–water partition coefficient (Wildman–Crippen LogP) is 1.54. The third-order valence-corrected chi connectivity index (χ3v) is 4.75. The molecule has 1 aliphatic heterocycles. The first-order valence-electron chi connectivity index (χ1n) is 8.01. The van der Waals surface area contributed by atoms with Crippen molar-refractivity contribution < 1.29 is 9.90 Å². The number of carbonyl (C=O) groups excluding carboxylic acids is 1. The molecule has 1 unspecified atom stereocenters. The number of carbonyl (C=O) groups is 1. The van der Waals surface area contributed by atoms with Gasteiger partial charge in [0.05, 0.1) is 6.10 Å². The van der Waals surface area contributed by atoms with Crippen molar-refractivity contribution in [1.82, 2.24) is 10.6 Å². The summed E-state index contributed by atoms with van der Waals surface area (Å²) in [7, 11) is 0. The third-order valence-electron chi connectivity index (χ3n) is 4.75. The zero-order valence-electron chi connectivity index (χ0n) is 12.3. The molecule has 4 nitrogen and oxygen atoms in total. The molecule has 2 aliphatic rings. The highest BCUT2D eigenvalue weighted by Crippen LogP contribution is 2.25. The van der Waals surface area contributed by atoms with Crippen LogP contribution < -0.4 is 10.6 Å². The van der Waals surface area contributed by atoms with Crippen LogP contribution in [-0.2, 0) is 11.2 Å². The Bertz CT molecular complexity index is 495. The Morgan fingerprint density at radius 1 is 1.24 bits per heavy atom. The van der Waals surface area contributed by atoms with Gasteiger partial charge in [-0.3, -0.25) is 4.79 Å². The summed E-state index contributed by atoms with van der Waals surface area (Å²) in [5.74, 6) is 0.587. The lowest BCUT2D eigenvalue weighted by atomic mass is 9.87. The van der Waals surface area contributed by atoms with Gasteiger partial charge in [-0.15, -0.1) is 0 Å². The van der Waals surface area contributed by atoms with E-state index in [2.05, 4.69) is 16.7 Å². The number of amides is 1. The quantitative estimate of drug-likeness (QED) is 0.790. The van der Waals surface area contributed by atoms with Gasteiger partial charge in [0.2, 0.25) is 5.91 Å². The molecule has 4 heteroatoms.